The van der Waals surface area contributed by atoms with Gasteiger partial charge in [0.15, 0.2) is 0 Å². The Morgan fingerprint density at radius 3 is 1.76 bits per heavy atom. The van der Waals surface area contributed by atoms with Crippen LogP contribution >= 0.6 is 7.82 Å². The van der Waals surface area contributed by atoms with Gasteiger partial charge in [0, 0.05) is 6.42 Å². The summed E-state index contributed by atoms with van der Waals surface area (Å²) in [6, 6.07) is 0. The fourth-order valence-corrected chi connectivity index (χ4v) is 5.31. The molecule has 1 aliphatic rings. The first-order valence-electron chi connectivity index (χ1n) is 14.5. The Balaban J connectivity index is 0.0000160. The van der Waals surface area contributed by atoms with Gasteiger partial charge in [-0.1, -0.05) is 70.4 Å². The number of unbranched alkanes of at least 4 members (excludes halogenated alkanes) is 11. The monoisotopic (exact) mass is 615 g/mol. The predicted octanol–water partition coefficient (Wildman–Crippen LogP) is 2.41. The minimum Gasteiger partial charge on any atom is -0.463 e. The second kappa shape index (κ2) is 22.6. The number of ether oxygens (including phenoxy) is 1. The van der Waals surface area contributed by atoms with Crippen LogP contribution in [0.25, 0.3) is 0 Å². The Kier molecular flexibility index (Phi) is 22.0. The lowest BCUT2D eigenvalue weighted by Gasteiger charge is -2.41. The third kappa shape index (κ3) is 17.1. The van der Waals surface area contributed by atoms with Crippen molar-refractivity contribution in [1.82, 2.24) is 6.15 Å². The number of carbonyl (C=O) groups is 1. The maximum Gasteiger partial charge on any atom is 0.472 e. The molecule has 0 aliphatic heterocycles. The zero-order chi connectivity index (χ0) is 30.0. The Morgan fingerprint density at radius 2 is 1.22 bits per heavy atom. The van der Waals surface area contributed by atoms with Crippen molar-refractivity contribution in [3.63, 3.8) is 0 Å². The Bertz CT molecular complexity index is 742. The lowest BCUT2D eigenvalue weighted by atomic mass is 9.85. The lowest BCUT2D eigenvalue weighted by Crippen LogP contribution is -2.64. The quantitative estimate of drug-likeness (QED) is 0.0378. The van der Waals surface area contributed by atoms with Gasteiger partial charge in [-0.3, -0.25) is 13.8 Å². The highest BCUT2D eigenvalue weighted by Crippen LogP contribution is 2.47. The minimum absolute atomic E-state index is 0. The molecule has 1 aliphatic carbocycles. The summed E-state index contributed by atoms with van der Waals surface area (Å²) >= 11 is 0. The van der Waals surface area contributed by atoms with Crippen LogP contribution in [0.5, 0.6) is 0 Å². The molecule has 10 N–H and O–H groups in total. The molecule has 1 saturated carbocycles. The van der Waals surface area contributed by atoms with Crippen molar-refractivity contribution in [1.29, 1.82) is 0 Å². The van der Waals surface area contributed by atoms with Crippen LogP contribution in [-0.4, -0.2) is 97.4 Å². The molecule has 0 spiro atoms. The van der Waals surface area contributed by atoms with E-state index in [9.17, 15) is 44.9 Å². The fraction of sp³-hybridized carbons (Fsp3) is 0.889. The van der Waals surface area contributed by atoms with E-state index in [1.165, 1.54) is 38.5 Å². The number of hydrogen-bond donors (Lipinski definition) is 8. The van der Waals surface area contributed by atoms with Crippen molar-refractivity contribution >= 4 is 13.8 Å². The van der Waals surface area contributed by atoms with Gasteiger partial charge in [0.1, 0.15) is 49.3 Å². The molecule has 0 bridgehead atoms. The summed E-state index contributed by atoms with van der Waals surface area (Å²) in [6.07, 6.45) is 6.32. The van der Waals surface area contributed by atoms with Crippen LogP contribution in [0.15, 0.2) is 12.2 Å². The molecular formula is C27H54NO12P. The Hall–Kier alpha value is -0.960. The van der Waals surface area contributed by atoms with E-state index in [1.54, 1.807) is 0 Å². The standard InChI is InChI=1S/C27H51O12P.H3N/c1-2-3-4-5-6-7-8-9-10-11-12-13-14-15-16-17-21(29)37-18-20(28)19-38-40(35,36)39-27-25(33)23(31)22(30)24(32)26(27)34;/h9-10,20,22-28,30-34H,2-8,11-19H2,1H3,(H,35,36);1H3/b10-9+;. The van der Waals surface area contributed by atoms with E-state index in [4.69, 9.17) is 4.74 Å². The van der Waals surface area contributed by atoms with Gasteiger partial charge in [-0.05, 0) is 32.1 Å². The molecule has 1 rings (SSSR count). The number of carbonyl (C=O) groups excluding carboxylic acids is 1. The van der Waals surface area contributed by atoms with Crippen LogP contribution in [0, 0.1) is 0 Å². The molecule has 6 atom stereocenters. The van der Waals surface area contributed by atoms with Gasteiger partial charge in [-0.25, -0.2) is 4.57 Å². The van der Waals surface area contributed by atoms with Crippen molar-refractivity contribution in [3.05, 3.63) is 12.2 Å². The van der Waals surface area contributed by atoms with Crippen molar-refractivity contribution < 1.29 is 58.7 Å². The maximum absolute atomic E-state index is 12.1. The number of esters is 1. The highest BCUT2D eigenvalue weighted by molar-refractivity contribution is 7.47. The summed E-state index contributed by atoms with van der Waals surface area (Å²) in [5, 5.41) is 58.5. The number of phosphoric acid groups is 1. The van der Waals surface area contributed by atoms with E-state index in [2.05, 4.69) is 28.1 Å². The van der Waals surface area contributed by atoms with Crippen LogP contribution in [0.1, 0.15) is 96.8 Å². The molecule has 13 nitrogen and oxygen atoms in total. The zero-order valence-electron chi connectivity index (χ0n) is 24.3. The van der Waals surface area contributed by atoms with Crippen molar-refractivity contribution in [2.24, 2.45) is 0 Å². The molecule has 14 heteroatoms. The van der Waals surface area contributed by atoms with Crippen LogP contribution in [0.2, 0.25) is 0 Å². The predicted molar refractivity (Wildman–Crippen MR) is 152 cm³/mol. The number of rotatable bonds is 22. The van der Waals surface area contributed by atoms with Gasteiger partial charge < -0.3 is 46.4 Å². The first-order chi connectivity index (χ1) is 19.0. The average Bonchev–Trinajstić information content (AvgIpc) is 2.93. The maximum atomic E-state index is 12.1. The molecule has 0 aromatic carbocycles. The first-order valence-corrected chi connectivity index (χ1v) is 16.0. The minimum atomic E-state index is -4.98. The molecule has 0 radical (unpaired) electrons. The van der Waals surface area contributed by atoms with Crippen LogP contribution < -0.4 is 6.15 Å². The lowest BCUT2D eigenvalue weighted by molar-refractivity contribution is -0.220. The molecular weight excluding hydrogens is 561 g/mol. The Morgan fingerprint density at radius 1 is 0.756 bits per heavy atom. The highest BCUT2D eigenvalue weighted by atomic mass is 31.2. The molecule has 244 valence electrons. The van der Waals surface area contributed by atoms with E-state index < -0.39 is 69.7 Å². The van der Waals surface area contributed by atoms with Crippen LogP contribution in [0.4, 0.5) is 0 Å². The van der Waals surface area contributed by atoms with Crippen LogP contribution in [0.3, 0.4) is 0 Å². The second-order valence-corrected chi connectivity index (χ2v) is 11.9. The first kappa shape index (κ1) is 40.0. The van der Waals surface area contributed by atoms with Gasteiger partial charge in [-0.15, -0.1) is 0 Å². The van der Waals surface area contributed by atoms with Crippen LogP contribution in [-0.2, 0) is 23.1 Å². The van der Waals surface area contributed by atoms with Crippen molar-refractivity contribution in [2.75, 3.05) is 13.2 Å². The number of hydrogen-bond acceptors (Lipinski definition) is 12. The van der Waals surface area contributed by atoms with Gasteiger partial charge in [-0.2, -0.15) is 0 Å². The van der Waals surface area contributed by atoms with Gasteiger partial charge >= 0.3 is 13.8 Å². The molecule has 0 saturated heterocycles. The van der Waals surface area contributed by atoms with Gasteiger partial charge in [0.2, 0.25) is 0 Å². The zero-order valence-corrected chi connectivity index (χ0v) is 25.2. The highest BCUT2D eigenvalue weighted by Gasteiger charge is 2.51. The molecule has 1 fully saturated rings. The van der Waals surface area contributed by atoms with Crippen molar-refractivity contribution in [2.45, 2.75) is 140 Å². The van der Waals surface area contributed by atoms with Gasteiger partial charge in [0.05, 0.1) is 6.61 Å². The number of aliphatic hydroxyl groups is 6. The molecule has 0 aromatic rings. The fourth-order valence-electron chi connectivity index (χ4n) is 4.34. The van der Waals surface area contributed by atoms with Gasteiger partial charge in [0.25, 0.3) is 0 Å². The van der Waals surface area contributed by atoms with E-state index >= 15 is 0 Å². The number of allylic oxidation sites excluding steroid dienone is 2. The molecule has 0 amide bonds. The van der Waals surface area contributed by atoms with E-state index in [0.29, 0.717) is 6.42 Å². The number of phosphoric ester groups is 1. The average molecular weight is 616 g/mol. The summed E-state index contributed by atoms with van der Waals surface area (Å²) in [7, 11) is -4.98. The normalized spacial score (nSPS) is 26.8. The molecule has 0 aromatic heterocycles. The molecule has 6 unspecified atom stereocenters. The third-order valence-electron chi connectivity index (χ3n) is 6.84. The largest absolute Gasteiger partial charge is 0.472 e. The SMILES string of the molecule is CCCCCCCC/C=C/CCCCCCCC(=O)OCC(O)COP(=O)(O)OC1C(O)C(O)C(O)C(O)C1O.N. The van der Waals surface area contributed by atoms with E-state index in [-0.39, 0.29) is 12.6 Å². The topological polar surface area (TPSA) is 238 Å². The summed E-state index contributed by atoms with van der Waals surface area (Å²) in [6.45, 7) is 0.964. The summed E-state index contributed by atoms with van der Waals surface area (Å²) in [5.41, 5.74) is 0. The van der Waals surface area contributed by atoms with Crippen molar-refractivity contribution in [3.8, 4) is 0 Å². The van der Waals surface area contributed by atoms with E-state index in [0.717, 1.165) is 38.5 Å². The smallest absolute Gasteiger partial charge is 0.463 e. The second-order valence-electron chi connectivity index (χ2n) is 10.5. The Labute approximate surface area is 243 Å². The summed E-state index contributed by atoms with van der Waals surface area (Å²) in [4.78, 5) is 21.7. The summed E-state index contributed by atoms with van der Waals surface area (Å²) in [5.74, 6) is -0.518. The number of aliphatic hydroxyl groups excluding tert-OH is 6. The summed E-state index contributed by atoms with van der Waals surface area (Å²) < 4.78 is 26.3. The third-order valence-corrected chi connectivity index (χ3v) is 7.82. The van der Waals surface area contributed by atoms with E-state index in [1.807, 2.05) is 0 Å². The molecule has 41 heavy (non-hydrogen) atoms. The molecule has 0 heterocycles.